The van der Waals surface area contributed by atoms with Crippen molar-refractivity contribution in [3.63, 3.8) is 0 Å². The Morgan fingerprint density at radius 3 is 2.65 bits per heavy atom. The Kier molecular flexibility index (Phi) is 8.16. The minimum absolute atomic E-state index is 0.0170. The Balaban J connectivity index is 1.34. The lowest BCUT2D eigenvalue weighted by molar-refractivity contribution is -0.139. The third kappa shape index (κ3) is 5.71. The standard InChI is InChI=1S/C27H28BrN3O4S2/c1-2-35-20-12-13-21-23(14-20)37-27(29-21)36-16-25(33)30(18-6-4-3-5-7-18)22-15-24(32)31(26(22)34)19-10-8-17(28)9-11-19/h8-14,18,22H,2-7,15-16H2,1H3. The number of nitrogens with zero attached hydrogens (tertiary/aromatic N) is 3. The highest BCUT2D eigenvalue weighted by Gasteiger charge is 2.46. The maximum atomic E-state index is 13.7. The van der Waals surface area contributed by atoms with Gasteiger partial charge in [0.05, 0.1) is 34.7 Å². The summed E-state index contributed by atoms with van der Waals surface area (Å²) in [4.78, 5) is 47.8. The summed E-state index contributed by atoms with van der Waals surface area (Å²) in [5.41, 5.74) is 1.40. The van der Waals surface area contributed by atoms with Crippen molar-refractivity contribution >= 4 is 72.7 Å². The Morgan fingerprint density at radius 2 is 1.92 bits per heavy atom. The number of anilines is 1. The van der Waals surface area contributed by atoms with Crippen molar-refractivity contribution in [1.29, 1.82) is 0 Å². The summed E-state index contributed by atoms with van der Waals surface area (Å²) in [5, 5.41) is 0. The van der Waals surface area contributed by atoms with Crippen molar-refractivity contribution in [3.8, 4) is 5.75 Å². The summed E-state index contributed by atoms with van der Waals surface area (Å²) in [5.74, 6) is 0.268. The van der Waals surface area contributed by atoms with Crippen LogP contribution in [0.2, 0.25) is 0 Å². The number of halogens is 1. The van der Waals surface area contributed by atoms with Crippen LogP contribution in [0.4, 0.5) is 5.69 Å². The van der Waals surface area contributed by atoms with Crippen LogP contribution < -0.4 is 9.64 Å². The molecule has 1 unspecified atom stereocenters. The molecule has 2 aromatic carbocycles. The largest absolute Gasteiger partial charge is 0.494 e. The van der Waals surface area contributed by atoms with Gasteiger partial charge < -0.3 is 9.64 Å². The van der Waals surface area contributed by atoms with Gasteiger partial charge in [-0.05, 0) is 62.2 Å². The van der Waals surface area contributed by atoms with E-state index < -0.39 is 6.04 Å². The van der Waals surface area contributed by atoms with Crippen LogP contribution in [0, 0.1) is 0 Å². The van der Waals surface area contributed by atoms with Crippen LogP contribution in [0.25, 0.3) is 10.2 Å². The molecule has 2 heterocycles. The second-order valence-electron chi connectivity index (χ2n) is 9.19. The number of aromatic nitrogens is 1. The molecular weight excluding hydrogens is 574 g/mol. The molecule has 37 heavy (non-hydrogen) atoms. The molecule has 2 fully saturated rings. The van der Waals surface area contributed by atoms with E-state index in [0.29, 0.717) is 12.3 Å². The highest BCUT2D eigenvalue weighted by Crippen LogP contribution is 2.35. The van der Waals surface area contributed by atoms with Crippen LogP contribution in [-0.2, 0) is 14.4 Å². The Bertz CT molecular complexity index is 1310. The van der Waals surface area contributed by atoms with Crippen molar-refractivity contribution < 1.29 is 19.1 Å². The lowest BCUT2D eigenvalue weighted by Gasteiger charge is -2.37. The third-order valence-electron chi connectivity index (χ3n) is 6.77. The smallest absolute Gasteiger partial charge is 0.257 e. The average Bonchev–Trinajstić information content (AvgIpc) is 3.44. The maximum absolute atomic E-state index is 13.7. The van der Waals surface area contributed by atoms with E-state index in [1.165, 1.54) is 28.0 Å². The van der Waals surface area contributed by atoms with E-state index in [9.17, 15) is 14.4 Å². The first-order chi connectivity index (χ1) is 17.9. The number of carbonyl (C=O) groups is 3. The molecule has 0 N–H and O–H groups in total. The number of thioether (sulfide) groups is 1. The van der Waals surface area contributed by atoms with Crippen LogP contribution in [-0.4, -0.2) is 52.0 Å². The van der Waals surface area contributed by atoms with Crippen molar-refractivity contribution in [3.05, 3.63) is 46.9 Å². The first-order valence-corrected chi connectivity index (χ1v) is 15.1. The number of hydrogen-bond donors (Lipinski definition) is 0. The number of thiazole rings is 1. The lowest BCUT2D eigenvalue weighted by Crippen LogP contribution is -2.52. The van der Waals surface area contributed by atoms with Crippen LogP contribution >= 0.6 is 39.0 Å². The summed E-state index contributed by atoms with van der Waals surface area (Å²) in [6.45, 7) is 2.54. The molecule has 194 valence electrons. The normalized spacial score (nSPS) is 18.5. The van der Waals surface area contributed by atoms with Crippen molar-refractivity contribution in [2.45, 2.75) is 61.9 Å². The molecule has 1 atom stereocenters. The second kappa shape index (κ2) is 11.5. The molecule has 1 aromatic heterocycles. The zero-order valence-corrected chi connectivity index (χ0v) is 23.7. The number of rotatable bonds is 8. The van der Waals surface area contributed by atoms with Gasteiger partial charge in [-0.2, -0.15) is 0 Å². The van der Waals surface area contributed by atoms with E-state index in [-0.39, 0.29) is 35.9 Å². The zero-order valence-electron chi connectivity index (χ0n) is 20.5. The molecule has 0 radical (unpaired) electrons. The van der Waals surface area contributed by atoms with Crippen LogP contribution in [0.15, 0.2) is 51.3 Å². The van der Waals surface area contributed by atoms with E-state index in [2.05, 4.69) is 20.9 Å². The molecule has 0 spiro atoms. The van der Waals surface area contributed by atoms with Gasteiger partial charge in [-0.3, -0.25) is 14.4 Å². The van der Waals surface area contributed by atoms with Crippen LogP contribution in [0.1, 0.15) is 45.4 Å². The quantitative estimate of drug-likeness (QED) is 0.231. The maximum Gasteiger partial charge on any atom is 0.257 e. The minimum Gasteiger partial charge on any atom is -0.494 e. The predicted octanol–water partition coefficient (Wildman–Crippen LogP) is 6.04. The van der Waals surface area contributed by atoms with Crippen LogP contribution in [0.3, 0.4) is 0 Å². The highest BCUT2D eigenvalue weighted by molar-refractivity contribution is 9.10. The molecule has 1 saturated heterocycles. The van der Waals surface area contributed by atoms with E-state index in [0.717, 1.165) is 56.9 Å². The molecule has 1 aliphatic heterocycles. The molecule has 10 heteroatoms. The first-order valence-electron chi connectivity index (χ1n) is 12.5. The number of ether oxygens (including phenoxy) is 1. The fourth-order valence-electron chi connectivity index (χ4n) is 5.09. The molecule has 3 amide bonds. The molecule has 7 nitrogen and oxygen atoms in total. The van der Waals surface area contributed by atoms with Gasteiger partial charge in [0.15, 0.2) is 4.34 Å². The molecule has 3 aromatic rings. The Hall–Kier alpha value is -2.43. The number of amides is 3. The van der Waals surface area contributed by atoms with E-state index >= 15 is 0 Å². The summed E-state index contributed by atoms with van der Waals surface area (Å²) >= 11 is 6.31. The second-order valence-corrected chi connectivity index (χ2v) is 12.4. The predicted molar refractivity (Wildman–Crippen MR) is 150 cm³/mol. The van der Waals surface area contributed by atoms with Gasteiger partial charge in [0, 0.05) is 10.5 Å². The fourth-order valence-corrected chi connectivity index (χ4v) is 7.32. The minimum atomic E-state index is -0.767. The van der Waals surface area contributed by atoms with Gasteiger partial charge in [-0.1, -0.05) is 47.0 Å². The number of hydrogen-bond acceptors (Lipinski definition) is 7. The van der Waals surface area contributed by atoms with Gasteiger partial charge in [0.25, 0.3) is 5.91 Å². The monoisotopic (exact) mass is 601 g/mol. The summed E-state index contributed by atoms with van der Waals surface area (Å²) in [7, 11) is 0. The van der Waals surface area contributed by atoms with Gasteiger partial charge in [0.1, 0.15) is 11.8 Å². The Labute approximate surface area is 232 Å². The molecule has 1 aliphatic carbocycles. The number of carbonyl (C=O) groups excluding carboxylic acids is 3. The van der Waals surface area contributed by atoms with Gasteiger partial charge in [0.2, 0.25) is 11.8 Å². The number of fused-ring (bicyclic) bond motifs is 1. The van der Waals surface area contributed by atoms with E-state index in [1.54, 1.807) is 29.2 Å². The summed E-state index contributed by atoms with van der Waals surface area (Å²) in [6, 6.07) is 12.1. The first kappa shape index (κ1) is 26.2. The van der Waals surface area contributed by atoms with Crippen LogP contribution in [0.5, 0.6) is 5.75 Å². The fraction of sp³-hybridized carbons (Fsp3) is 0.407. The third-order valence-corrected chi connectivity index (χ3v) is 9.44. The topological polar surface area (TPSA) is 79.8 Å². The van der Waals surface area contributed by atoms with Gasteiger partial charge in [-0.15, -0.1) is 11.3 Å². The average molecular weight is 603 g/mol. The van der Waals surface area contributed by atoms with Gasteiger partial charge in [-0.25, -0.2) is 9.88 Å². The molecular formula is C27H28BrN3O4S2. The molecule has 5 rings (SSSR count). The highest BCUT2D eigenvalue weighted by atomic mass is 79.9. The SMILES string of the molecule is CCOc1ccc2nc(SCC(=O)N(C3CCCCC3)C3CC(=O)N(c4ccc(Br)cc4)C3=O)sc2c1. The zero-order chi connectivity index (χ0) is 25.9. The van der Waals surface area contributed by atoms with Gasteiger partial charge >= 0.3 is 0 Å². The van der Waals surface area contributed by atoms with E-state index in [4.69, 9.17) is 4.74 Å². The Morgan fingerprint density at radius 1 is 1.16 bits per heavy atom. The summed E-state index contributed by atoms with van der Waals surface area (Å²) < 4.78 is 8.26. The van der Waals surface area contributed by atoms with Crippen molar-refractivity contribution in [2.24, 2.45) is 0 Å². The molecule has 0 bridgehead atoms. The van der Waals surface area contributed by atoms with E-state index in [1.807, 2.05) is 25.1 Å². The van der Waals surface area contributed by atoms with Crippen molar-refractivity contribution in [2.75, 3.05) is 17.3 Å². The molecule has 2 aliphatic rings. The number of imide groups is 1. The summed E-state index contributed by atoms with van der Waals surface area (Å²) in [6.07, 6.45) is 4.90. The molecule has 1 saturated carbocycles. The number of benzene rings is 2. The van der Waals surface area contributed by atoms with Crippen molar-refractivity contribution in [1.82, 2.24) is 9.88 Å². The lowest BCUT2D eigenvalue weighted by atomic mass is 9.92.